The van der Waals surface area contributed by atoms with Gasteiger partial charge in [0.05, 0.1) is 12.8 Å². The smallest absolute Gasteiger partial charge is 0.195 e. The van der Waals surface area contributed by atoms with Crippen LogP contribution in [0.1, 0.15) is 37.3 Å². The summed E-state index contributed by atoms with van der Waals surface area (Å²) in [6.45, 7) is 4.75. The van der Waals surface area contributed by atoms with Gasteiger partial charge < -0.3 is 14.5 Å². The van der Waals surface area contributed by atoms with Gasteiger partial charge in [-0.25, -0.2) is 4.98 Å². The molecule has 1 heterocycles. The second-order valence-electron chi connectivity index (χ2n) is 4.78. The topological polar surface area (TPSA) is 47.3 Å². The molecule has 17 heavy (non-hydrogen) atoms. The third-order valence-electron chi connectivity index (χ3n) is 3.35. The summed E-state index contributed by atoms with van der Waals surface area (Å²) in [6.07, 6.45) is 5.43. The second kappa shape index (κ2) is 6.17. The molecule has 0 aliphatic heterocycles. The standard InChI is InChI=1S/C13H22N2O2/c1-10(11-3-4-11)12-9-15-13(17-12)5-6-14-7-8-16-2/h9-11,14H,3-8H2,1-2H3. The number of hydrogen-bond donors (Lipinski definition) is 1. The van der Waals surface area contributed by atoms with Crippen molar-refractivity contribution in [3.63, 3.8) is 0 Å². The molecule has 1 aromatic rings. The van der Waals surface area contributed by atoms with E-state index in [1.54, 1.807) is 7.11 Å². The van der Waals surface area contributed by atoms with Crippen LogP contribution in [0.15, 0.2) is 10.6 Å². The van der Waals surface area contributed by atoms with Gasteiger partial charge in [-0.1, -0.05) is 6.92 Å². The summed E-state index contributed by atoms with van der Waals surface area (Å²) < 4.78 is 10.7. The first-order valence-electron chi connectivity index (χ1n) is 6.45. The van der Waals surface area contributed by atoms with Crippen molar-refractivity contribution in [3.05, 3.63) is 17.8 Å². The van der Waals surface area contributed by atoms with E-state index in [0.717, 1.165) is 43.7 Å². The van der Waals surface area contributed by atoms with Gasteiger partial charge in [0.2, 0.25) is 0 Å². The fraction of sp³-hybridized carbons (Fsp3) is 0.769. The van der Waals surface area contributed by atoms with Gasteiger partial charge in [-0.15, -0.1) is 0 Å². The van der Waals surface area contributed by atoms with E-state index in [0.29, 0.717) is 5.92 Å². The van der Waals surface area contributed by atoms with E-state index in [1.165, 1.54) is 12.8 Å². The predicted octanol–water partition coefficient (Wildman–Crippen LogP) is 1.97. The SMILES string of the molecule is COCCNCCc1ncc(C(C)C2CC2)o1. The van der Waals surface area contributed by atoms with Crippen molar-refractivity contribution in [2.75, 3.05) is 26.8 Å². The average molecular weight is 238 g/mol. The highest BCUT2D eigenvalue weighted by atomic mass is 16.5. The zero-order valence-electron chi connectivity index (χ0n) is 10.7. The Morgan fingerprint density at radius 1 is 1.53 bits per heavy atom. The molecule has 1 aliphatic rings. The summed E-state index contributed by atoms with van der Waals surface area (Å²) in [5.41, 5.74) is 0. The maximum absolute atomic E-state index is 5.77. The van der Waals surface area contributed by atoms with Gasteiger partial charge >= 0.3 is 0 Å². The molecule has 1 atom stereocenters. The molecule has 0 amide bonds. The summed E-state index contributed by atoms with van der Waals surface area (Å²) in [5, 5.41) is 3.28. The molecule has 1 saturated carbocycles. The Bertz CT molecular complexity index is 334. The van der Waals surface area contributed by atoms with Gasteiger partial charge in [0.15, 0.2) is 5.89 Å². The van der Waals surface area contributed by atoms with E-state index < -0.39 is 0 Å². The Balaban J connectivity index is 1.70. The molecule has 0 spiro atoms. The lowest BCUT2D eigenvalue weighted by atomic mass is 10.0. The normalized spacial score (nSPS) is 17.3. The molecule has 0 bridgehead atoms. The van der Waals surface area contributed by atoms with Gasteiger partial charge in [0, 0.05) is 32.5 Å². The zero-order chi connectivity index (χ0) is 12.1. The molecule has 1 N–H and O–H groups in total. The number of nitrogens with zero attached hydrogens (tertiary/aromatic N) is 1. The van der Waals surface area contributed by atoms with E-state index >= 15 is 0 Å². The highest BCUT2D eigenvalue weighted by molar-refractivity contribution is 5.05. The Kier molecular flexibility index (Phi) is 4.57. The lowest BCUT2D eigenvalue weighted by molar-refractivity contribution is 0.199. The first-order valence-corrected chi connectivity index (χ1v) is 6.45. The molecular formula is C13H22N2O2. The number of aromatic nitrogens is 1. The molecule has 96 valence electrons. The number of oxazole rings is 1. The summed E-state index contributed by atoms with van der Waals surface area (Å²) in [7, 11) is 1.71. The van der Waals surface area contributed by atoms with Gasteiger partial charge in [0.25, 0.3) is 0 Å². The Hall–Kier alpha value is -0.870. The van der Waals surface area contributed by atoms with Crippen LogP contribution in [-0.4, -0.2) is 31.8 Å². The molecule has 4 heteroatoms. The molecule has 4 nitrogen and oxygen atoms in total. The van der Waals surface area contributed by atoms with Crippen LogP contribution >= 0.6 is 0 Å². The lowest BCUT2D eigenvalue weighted by Crippen LogP contribution is -2.21. The fourth-order valence-corrected chi connectivity index (χ4v) is 1.97. The number of methoxy groups -OCH3 is 1. The zero-order valence-corrected chi connectivity index (χ0v) is 10.7. The minimum Gasteiger partial charge on any atom is -0.445 e. The van der Waals surface area contributed by atoms with Crippen molar-refractivity contribution < 1.29 is 9.15 Å². The molecule has 0 aromatic carbocycles. The van der Waals surface area contributed by atoms with Crippen molar-refractivity contribution in [1.82, 2.24) is 10.3 Å². The highest BCUT2D eigenvalue weighted by Gasteiger charge is 2.31. The van der Waals surface area contributed by atoms with E-state index in [9.17, 15) is 0 Å². The maximum atomic E-state index is 5.77. The molecule has 2 rings (SSSR count). The molecule has 1 fully saturated rings. The minimum absolute atomic E-state index is 0.540. The third-order valence-corrected chi connectivity index (χ3v) is 3.35. The van der Waals surface area contributed by atoms with E-state index in [4.69, 9.17) is 9.15 Å². The van der Waals surface area contributed by atoms with Crippen molar-refractivity contribution in [1.29, 1.82) is 0 Å². The van der Waals surface area contributed by atoms with Gasteiger partial charge in [-0.05, 0) is 18.8 Å². The van der Waals surface area contributed by atoms with Crippen LogP contribution in [-0.2, 0) is 11.2 Å². The van der Waals surface area contributed by atoms with Crippen molar-refractivity contribution in [2.24, 2.45) is 5.92 Å². The molecule has 1 aromatic heterocycles. The average Bonchev–Trinajstić information content (AvgIpc) is 3.08. The summed E-state index contributed by atoms with van der Waals surface area (Å²) in [4.78, 5) is 4.33. The Morgan fingerprint density at radius 3 is 3.06 bits per heavy atom. The van der Waals surface area contributed by atoms with E-state index in [1.807, 2.05) is 6.20 Å². The van der Waals surface area contributed by atoms with Gasteiger partial charge in [-0.3, -0.25) is 0 Å². The van der Waals surface area contributed by atoms with Crippen LogP contribution in [0.25, 0.3) is 0 Å². The number of rotatable bonds is 8. The largest absolute Gasteiger partial charge is 0.445 e. The van der Waals surface area contributed by atoms with Crippen LogP contribution in [0, 0.1) is 5.92 Å². The van der Waals surface area contributed by atoms with Crippen LogP contribution < -0.4 is 5.32 Å². The number of nitrogens with one attached hydrogen (secondary N) is 1. The molecule has 0 radical (unpaired) electrons. The van der Waals surface area contributed by atoms with Crippen molar-refractivity contribution >= 4 is 0 Å². The van der Waals surface area contributed by atoms with Crippen molar-refractivity contribution in [2.45, 2.75) is 32.1 Å². The molecule has 0 saturated heterocycles. The highest BCUT2D eigenvalue weighted by Crippen LogP contribution is 2.42. The minimum atomic E-state index is 0.540. The summed E-state index contributed by atoms with van der Waals surface area (Å²) in [6, 6.07) is 0. The maximum Gasteiger partial charge on any atom is 0.195 e. The molecular weight excluding hydrogens is 216 g/mol. The van der Waals surface area contributed by atoms with E-state index in [-0.39, 0.29) is 0 Å². The van der Waals surface area contributed by atoms with Crippen LogP contribution in [0.2, 0.25) is 0 Å². The Labute approximate surface area is 103 Å². The molecule has 1 aliphatic carbocycles. The number of hydrogen-bond acceptors (Lipinski definition) is 4. The van der Waals surface area contributed by atoms with Gasteiger partial charge in [-0.2, -0.15) is 0 Å². The van der Waals surface area contributed by atoms with Crippen LogP contribution in [0.5, 0.6) is 0 Å². The lowest BCUT2D eigenvalue weighted by Gasteiger charge is -2.04. The second-order valence-corrected chi connectivity index (χ2v) is 4.78. The van der Waals surface area contributed by atoms with Crippen molar-refractivity contribution in [3.8, 4) is 0 Å². The van der Waals surface area contributed by atoms with Gasteiger partial charge in [0.1, 0.15) is 5.76 Å². The van der Waals surface area contributed by atoms with Crippen LogP contribution in [0.3, 0.4) is 0 Å². The monoisotopic (exact) mass is 238 g/mol. The fourth-order valence-electron chi connectivity index (χ4n) is 1.97. The quantitative estimate of drug-likeness (QED) is 0.703. The first-order chi connectivity index (χ1) is 8.31. The Morgan fingerprint density at radius 2 is 2.35 bits per heavy atom. The third kappa shape index (κ3) is 3.82. The first kappa shape index (κ1) is 12.6. The number of ether oxygens (including phenoxy) is 1. The summed E-state index contributed by atoms with van der Waals surface area (Å²) >= 11 is 0. The molecule has 1 unspecified atom stereocenters. The predicted molar refractivity (Wildman–Crippen MR) is 66.1 cm³/mol. The van der Waals surface area contributed by atoms with Crippen LogP contribution in [0.4, 0.5) is 0 Å². The summed E-state index contributed by atoms with van der Waals surface area (Å²) in [5.74, 6) is 3.27. The van der Waals surface area contributed by atoms with E-state index in [2.05, 4.69) is 17.2 Å².